The Kier molecular flexibility index (Phi) is 6.95. The Morgan fingerprint density at radius 1 is 1.16 bits per heavy atom. The van der Waals surface area contributed by atoms with Gasteiger partial charge in [-0.3, -0.25) is 10.1 Å². The van der Waals surface area contributed by atoms with Gasteiger partial charge in [-0.1, -0.05) is 31.5 Å². The number of ether oxygens (including phenoxy) is 1. The highest BCUT2D eigenvalue weighted by Crippen LogP contribution is 2.18. The number of amides is 1. The summed E-state index contributed by atoms with van der Waals surface area (Å²) in [5.41, 5.74) is 3.67. The average Bonchev–Trinajstić information content (AvgIpc) is 2.59. The fourth-order valence-electron chi connectivity index (χ4n) is 2.28. The third-order valence-electron chi connectivity index (χ3n) is 3.94. The number of aryl methyl sites for hydroxylation is 1. The van der Waals surface area contributed by atoms with E-state index in [9.17, 15) is 4.79 Å². The van der Waals surface area contributed by atoms with Crippen LogP contribution in [-0.4, -0.2) is 17.6 Å². The molecule has 0 heterocycles. The van der Waals surface area contributed by atoms with Gasteiger partial charge in [0.05, 0.1) is 6.61 Å². The van der Waals surface area contributed by atoms with Crippen molar-refractivity contribution >= 4 is 28.9 Å². The average molecular weight is 356 g/mol. The highest BCUT2D eigenvalue weighted by atomic mass is 32.1. The SMILES string of the molecule is CCCCOc1cccc(C(=O)NC(=S)Nc2cccc(C)c2C)c1. The van der Waals surface area contributed by atoms with Crippen molar-refractivity contribution in [3.8, 4) is 5.75 Å². The number of rotatable bonds is 6. The molecule has 0 unspecified atom stereocenters. The standard InChI is InChI=1S/C20H24N2O2S/c1-4-5-12-24-17-10-7-9-16(13-17)19(23)22-20(25)21-18-11-6-8-14(2)15(18)3/h6-11,13H,4-5,12H2,1-3H3,(H2,21,22,23,25). The van der Waals surface area contributed by atoms with Crippen LogP contribution < -0.4 is 15.4 Å². The first-order chi connectivity index (χ1) is 12.0. The van der Waals surface area contributed by atoms with Gasteiger partial charge in [0.25, 0.3) is 5.91 Å². The molecule has 2 aromatic rings. The van der Waals surface area contributed by atoms with Crippen molar-refractivity contribution in [2.24, 2.45) is 0 Å². The Bertz CT molecular complexity index is 759. The normalized spacial score (nSPS) is 10.2. The monoisotopic (exact) mass is 356 g/mol. The number of carbonyl (C=O) groups excluding carboxylic acids is 1. The zero-order chi connectivity index (χ0) is 18.2. The molecule has 0 bridgehead atoms. The topological polar surface area (TPSA) is 50.4 Å². The van der Waals surface area contributed by atoms with E-state index in [2.05, 4.69) is 17.6 Å². The lowest BCUT2D eigenvalue weighted by Gasteiger charge is -2.13. The number of hydrogen-bond acceptors (Lipinski definition) is 3. The summed E-state index contributed by atoms with van der Waals surface area (Å²) in [5, 5.41) is 6.06. The van der Waals surface area contributed by atoms with Gasteiger partial charge in [0, 0.05) is 11.3 Å². The molecule has 5 heteroatoms. The molecule has 0 fully saturated rings. The molecule has 0 atom stereocenters. The van der Waals surface area contributed by atoms with Gasteiger partial charge in [-0.05, 0) is 67.9 Å². The molecule has 0 saturated carbocycles. The van der Waals surface area contributed by atoms with E-state index in [1.54, 1.807) is 18.2 Å². The summed E-state index contributed by atoms with van der Waals surface area (Å²) in [6, 6.07) is 13.0. The minimum atomic E-state index is -0.260. The van der Waals surface area contributed by atoms with Gasteiger partial charge in [-0.15, -0.1) is 0 Å². The van der Waals surface area contributed by atoms with Gasteiger partial charge >= 0.3 is 0 Å². The van der Waals surface area contributed by atoms with E-state index in [1.807, 2.05) is 38.1 Å². The Hall–Kier alpha value is -2.40. The molecule has 1 amide bonds. The van der Waals surface area contributed by atoms with E-state index < -0.39 is 0 Å². The van der Waals surface area contributed by atoms with E-state index in [-0.39, 0.29) is 11.0 Å². The summed E-state index contributed by atoms with van der Waals surface area (Å²) < 4.78 is 5.64. The Labute approximate surface area is 154 Å². The van der Waals surface area contributed by atoms with E-state index in [4.69, 9.17) is 17.0 Å². The molecule has 0 saturated heterocycles. The number of anilines is 1. The van der Waals surface area contributed by atoms with Crippen LogP contribution in [0.1, 0.15) is 41.3 Å². The van der Waals surface area contributed by atoms with Gasteiger partial charge in [-0.25, -0.2) is 0 Å². The zero-order valence-electron chi connectivity index (χ0n) is 14.9. The van der Waals surface area contributed by atoms with Crippen molar-refractivity contribution in [3.05, 3.63) is 59.2 Å². The molecule has 2 rings (SSSR count). The van der Waals surface area contributed by atoms with E-state index >= 15 is 0 Å². The van der Waals surface area contributed by atoms with Crippen LogP contribution in [0.25, 0.3) is 0 Å². The maximum atomic E-state index is 12.4. The van der Waals surface area contributed by atoms with Gasteiger partial charge < -0.3 is 10.1 Å². The summed E-state index contributed by atoms with van der Waals surface area (Å²) in [6.45, 7) is 6.80. The second kappa shape index (κ2) is 9.18. The van der Waals surface area contributed by atoms with E-state index in [1.165, 1.54) is 0 Å². The van der Waals surface area contributed by atoms with Crippen LogP contribution in [0.5, 0.6) is 5.75 Å². The van der Waals surface area contributed by atoms with Crippen LogP contribution in [-0.2, 0) is 0 Å². The van der Waals surface area contributed by atoms with Crippen LogP contribution >= 0.6 is 12.2 Å². The molecular formula is C20H24N2O2S. The molecule has 0 spiro atoms. The smallest absolute Gasteiger partial charge is 0.257 e. The number of carbonyl (C=O) groups is 1. The Balaban J connectivity index is 1.98. The lowest BCUT2D eigenvalue weighted by molar-refractivity contribution is 0.0977. The molecule has 2 N–H and O–H groups in total. The van der Waals surface area contributed by atoms with Crippen LogP contribution in [0.15, 0.2) is 42.5 Å². The first kappa shape index (κ1) is 18.9. The lowest BCUT2D eigenvalue weighted by atomic mass is 10.1. The largest absolute Gasteiger partial charge is 0.494 e. The predicted octanol–water partition coefficient (Wildman–Crippen LogP) is 4.61. The van der Waals surface area contributed by atoms with E-state index in [0.717, 1.165) is 29.7 Å². The number of unbranched alkanes of at least 4 members (excludes halogenated alkanes) is 1. The van der Waals surface area contributed by atoms with Gasteiger partial charge in [0.15, 0.2) is 5.11 Å². The van der Waals surface area contributed by atoms with Crippen molar-refractivity contribution in [1.29, 1.82) is 0 Å². The van der Waals surface area contributed by atoms with Gasteiger partial charge in [-0.2, -0.15) is 0 Å². The van der Waals surface area contributed by atoms with Crippen molar-refractivity contribution < 1.29 is 9.53 Å². The quantitative estimate of drug-likeness (QED) is 0.586. The lowest BCUT2D eigenvalue weighted by Crippen LogP contribution is -2.34. The van der Waals surface area contributed by atoms with Gasteiger partial charge in [0.1, 0.15) is 5.75 Å². The first-order valence-electron chi connectivity index (χ1n) is 8.42. The Morgan fingerprint density at radius 2 is 1.92 bits per heavy atom. The van der Waals surface area contributed by atoms with Crippen LogP contribution in [0.2, 0.25) is 0 Å². The molecule has 0 radical (unpaired) electrons. The van der Waals surface area contributed by atoms with E-state index in [0.29, 0.717) is 17.9 Å². The molecule has 0 aliphatic carbocycles. The van der Waals surface area contributed by atoms with Crippen molar-refractivity contribution in [3.63, 3.8) is 0 Å². The maximum absolute atomic E-state index is 12.4. The first-order valence-corrected chi connectivity index (χ1v) is 8.83. The molecule has 25 heavy (non-hydrogen) atoms. The summed E-state index contributed by atoms with van der Waals surface area (Å²) in [7, 11) is 0. The predicted molar refractivity (Wildman–Crippen MR) is 106 cm³/mol. The second-order valence-corrected chi connectivity index (χ2v) is 6.29. The fourth-order valence-corrected chi connectivity index (χ4v) is 2.48. The minimum Gasteiger partial charge on any atom is -0.494 e. The highest BCUT2D eigenvalue weighted by Gasteiger charge is 2.10. The third-order valence-corrected chi connectivity index (χ3v) is 4.15. The van der Waals surface area contributed by atoms with Crippen LogP contribution in [0.3, 0.4) is 0 Å². The number of benzene rings is 2. The second-order valence-electron chi connectivity index (χ2n) is 5.89. The molecule has 132 valence electrons. The molecule has 0 aromatic heterocycles. The molecule has 0 aliphatic heterocycles. The summed E-state index contributed by atoms with van der Waals surface area (Å²) >= 11 is 5.26. The Morgan fingerprint density at radius 3 is 2.68 bits per heavy atom. The maximum Gasteiger partial charge on any atom is 0.257 e. The molecule has 0 aliphatic rings. The van der Waals surface area contributed by atoms with Gasteiger partial charge in [0.2, 0.25) is 0 Å². The fraction of sp³-hybridized carbons (Fsp3) is 0.300. The number of nitrogens with one attached hydrogen (secondary N) is 2. The summed E-state index contributed by atoms with van der Waals surface area (Å²) in [5.74, 6) is 0.429. The molecule has 2 aromatic carbocycles. The minimum absolute atomic E-state index is 0.260. The number of hydrogen-bond donors (Lipinski definition) is 2. The van der Waals surface area contributed by atoms with Crippen LogP contribution in [0.4, 0.5) is 5.69 Å². The van der Waals surface area contributed by atoms with Crippen molar-refractivity contribution in [2.45, 2.75) is 33.6 Å². The molecule has 4 nitrogen and oxygen atoms in total. The third kappa shape index (κ3) is 5.57. The van der Waals surface area contributed by atoms with Crippen molar-refractivity contribution in [1.82, 2.24) is 5.32 Å². The van der Waals surface area contributed by atoms with Crippen molar-refractivity contribution in [2.75, 3.05) is 11.9 Å². The summed E-state index contributed by atoms with van der Waals surface area (Å²) in [4.78, 5) is 12.4. The number of thiocarbonyl (C=S) groups is 1. The summed E-state index contributed by atoms with van der Waals surface area (Å²) in [6.07, 6.45) is 2.05. The van der Waals surface area contributed by atoms with Crippen LogP contribution in [0, 0.1) is 13.8 Å². The molecular weight excluding hydrogens is 332 g/mol. The highest BCUT2D eigenvalue weighted by molar-refractivity contribution is 7.80. The zero-order valence-corrected chi connectivity index (χ0v) is 15.7.